The van der Waals surface area contributed by atoms with Crippen molar-refractivity contribution >= 4 is 11.9 Å². The van der Waals surface area contributed by atoms with Gasteiger partial charge in [0.15, 0.2) is 0 Å². The van der Waals surface area contributed by atoms with Crippen LogP contribution >= 0.6 is 0 Å². The van der Waals surface area contributed by atoms with Crippen LogP contribution in [-0.4, -0.2) is 40.6 Å². The zero-order valence-corrected chi connectivity index (χ0v) is 9.86. The summed E-state index contributed by atoms with van der Waals surface area (Å²) in [5, 5.41) is 8.71. The molecule has 0 radical (unpaired) electrons. The average molecular weight is 231 g/mol. The van der Waals surface area contributed by atoms with Gasteiger partial charge in [-0.3, -0.25) is 4.79 Å². The highest BCUT2D eigenvalue weighted by molar-refractivity contribution is 5.83. The third-order valence-electron chi connectivity index (χ3n) is 3.30. The lowest BCUT2D eigenvalue weighted by Crippen LogP contribution is -2.41. The molecule has 0 saturated carbocycles. The molecule has 5 heteroatoms. The second-order valence-electron chi connectivity index (χ2n) is 4.81. The van der Waals surface area contributed by atoms with Gasteiger partial charge in [-0.1, -0.05) is 20.8 Å². The van der Waals surface area contributed by atoms with Gasteiger partial charge in [-0.2, -0.15) is 0 Å². The molecule has 2 atom stereocenters. The maximum absolute atomic E-state index is 13.7. The van der Waals surface area contributed by atoms with Crippen LogP contribution in [0.15, 0.2) is 0 Å². The fourth-order valence-electron chi connectivity index (χ4n) is 1.71. The van der Waals surface area contributed by atoms with Crippen molar-refractivity contribution in [3.05, 3.63) is 0 Å². The Bertz CT molecular complexity index is 306. The number of halogens is 1. The van der Waals surface area contributed by atoms with Crippen molar-refractivity contribution in [1.82, 2.24) is 4.90 Å². The van der Waals surface area contributed by atoms with Crippen LogP contribution in [0.3, 0.4) is 0 Å². The molecule has 1 heterocycles. The van der Waals surface area contributed by atoms with Gasteiger partial charge in [-0.05, 0) is 5.92 Å². The van der Waals surface area contributed by atoms with Crippen molar-refractivity contribution in [3.8, 4) is 0 Å². The van der Waals surface area contributed by atoms with Gasteiger partial charge in [0, 0.05) is 18.9 Å². The van der Waals surface area contributed by atoms with Crippen LogP contribution < -0.4 is 0 Å². The Labute approximate surface area is 94.4 Å². The van der Waals surface area contributed by atoms with E-state index in [2.05, 4.69) is 0 Å². The second-order valence-corrected chi connectivity index (χ2v) is 4.81. The number of aliphatic carboxylic acids is 1. The van der Waals surface area contributed by atoms with E-state index in [1.807, 2.05) is 13.8 Å². The van der Waals surface area contributed by atoms with E-state index in [9.17, 15) is 14.0 Å². The number of likely N-dealkylation sites (tertiary alicyclic amines) is 1. The lowest BCUT2D eigenvalue weighted by atomic mass is 9.97. The summed E-state index contributed by atoms with van der Waals surface area (Å²) in [7, 11) is 0. The molecule has 1 aliphatic heterocycles. The van der Waals surface area contributed by atoms with Crippen LogP contribution in [-0.2, 0) is 9.59 Å². The monoisotopic (exact) mass is 231 g/mol. The summed E-state index contributed by atoms with van der Waals surface area (Å²) in [5.74, 6) is -1.65. The van der Waals surface area contributed by atoms with Crippen molar-refractivity contribution in [2.75, 3.05) is 13.1 Å². The minimum atomic E-state index is -2.26. The van der Waals surface area contributed by atoms with E-state index < -0.39 is 11.6 Å². The zero-order chi connectivity index (χ0) is 12.5. The fraction of sp³-hybridized carbons (Fsp3) is 0.818. The normalized spacial score (nSPS) is 27.2. The highest BCUT2D eigenvalue weighted by atomic mass is 19.1. The molecule has 2 unspecified atom stereocenters. The van der Waals surface area contributed by atoms with Crippen molar-refractivity contribution in [3.63, 3.8) is 0 Å². The molecule has 1 amide bonds. The molecule has 0 bridgehead atoms. The molecular weight excluding hydrogens is 213 g/mol. The quantitative estimate of drug-likeness (QED) is 0.796. The van der Waals surface area contributed by atoms with E-state index in [1.165, 1.54) is 4.90 Å². The van der Waals surface area contributed by atoms with E-state index in [-0.39, 0.29) is 37.3 Å². The van der Waals surface area contributed by atoms with E-state index in [4.69, 9.17) is 5.11 Å². The molecule has 0 aromatic carbocycles. The first kappa shape index (κ1) is 12.9. The Morgan fingerprint density at radius 2 is 1.94 bits per heavy atom. The van der Waals surface area contributed by atoms with Crippen LogP contribution in [0.2, 0.25) is 0 Å². The van der Waals surface area contributed by atoms with E-state index in [0.717, 1.165) is 0 Å². The smallest absolute Gasteiger partial charge is 0.343 e. The molecule has 0 spiro atoms. The van der Waals surface area contributed by atoms with Crippen LogP contribution in [0.5, 0.6) is 0 Å². The molecule has 1 saturated heterocycles. The van der Waals surface area contributed by atoms with Gasteiger partial charge in [0.05, 0.1) is 6.54 Å². The minimum Gasteiger partial charge on any atom is -0.479 e. The van der Waals surface area contributed by atoms with Gasteiger partial charge in [0.25, 0.3) is 0 Å². The fourth-order valence-corrected chi connectivity index (χ4v) is 1.71. The standard InChI is InChI=1S/C11H18FNO3/c1-7(2)8(3)9(14)13-5-4-11(12,6-13)10(15)16/h7-8H,4-6H2,1-3H3,(H,15,16). The van der Waals surface area contributed by atoms with Crippen molar-refractivity contribution in [2.45, 2.75) is 32.9 Å². The van der Waals surface area contributed by atoms with Gasteiger partial charge in [0.1, 0.15) is 0 Å². The molecule has 1 N–H and O–H groups in total. The summed E-state index contributed by atoms with van der Waals surface area (Å²) in [6, 6.07) is 0. The Hall–Kier alpha value is -1.13. The Morgan fingerprint density at radius 3 is 2.31 bits per heavy atom. The van der Waals surface area contributed by atoms with Crippen molar-refractivity contribution < 1.29 is 19.1 Å². The van der Waals surface area contributed by atoms with Gasteiger partial charge in [-0.25, -0.2) is 9.18 Å². The van der Waals surface area contributed by atoms with Crippen LogP contribution in [0.4, 0.5) is 4.39 Å². The molecule has 4 nitrogen and oxygen atoms in total. The predicted molar refractivity (Wildman–Crippen MR) is 56.7 cm³/mol. The lowest BCUT2D eigenvalue weighted by Gasteiger charge is -2.23. The van der Waals surface area contributed by atoms with E-state index >= 15 is 0 Å². The summed E-state index contributed by atoms with van der Waals surface area (Å²) in [6.07, 6.45) is -0.112. The van der Waals surface area contributed by atoms with E-state index in [1.54, 1.807) is 6.92 Å². The number of alkyl halides is 1. The lowest BCUT2D eigenvalue weighted by molar-refractivity contribution is -0.150. The summed E-state index contributed by atoms with van der Waals surface area (Å²) < 4.78 is 13.7. The summed E-state index contributed by atoms with van der Waals surface area (Å²) in [5.41, 5.74) is -2.26. The first-order chi connectivity index (χ1) is 7.28. The number of nitrogens with zero attached hydrogens (tertiary/aromatic N) is 1. The zero-order valence-electron chi connectivity index (χ0n) is 9.86. The topological polar surface area (TPSA) is 57.6 Å². The summed E-state index contributed by atoms with van der Waals surface area (Å²) in [6.45, 7) is 5.49. The molecule has 16 heavy (non-hydrogen) atoms. The first-order valence-corrected chi connectivity index (χ1v) is 5.49. The van der Waals surface area contributed by atoms with Gasteiger partial charge in [0.2, 0.25) is 11.6 Å². The summed E-state index contributed by atoms with van der Waals surface area (Å²) >= 11 is 0. The Morgan fingerprint density at radius 1 is 1.38 bits per heavy atom. The number of rotatable bonds is 3. The Balaban J connectivity index is 2.67. The Kier molecular flexibility index (Phi) is 3.55. The number of carbonyl (C=O) groups is 2. The highest BCUT2D eigenvalue weighted by Crippen LogP contribution is 2.28. The number of carboxylic acid groups (broad SMARTS) is 1. The molecule has 0 aromatic rings. The van der Waals surface area contributed by atoms with Crippen molar-refractivity contribution in [2.24, 2.45) is 11.8 Å². The number of carbonyl (C=O) groups excluding carboxylic acids is 1. The highest BCUT2D eigenvalue weighted by Gasteiger charge is 2.47. The second kappa shape index (κ2) is 4.39. The molecule has 0 aliphatic carbocycles. The minimum absolute atomic E-state index is 0.112. The van der Waals surface area contributed by atoms with Gasteiger partial charge >= 0.3 is 5.97 Å². The third-order valence-corrected chi connectivity index (χ3v) is 3.30. The molecule has 92 valence electrons. The molecular formula is C11H18FNO3. The van der Waals surface area contributed by atoms with Crippen LogP contribution in [0, 0.1) is 11.8 Å². The molecule has 1 fully saturated rings. The number of carboxylic acids is 1. The number of amides is 1. The maximum atomic E-state index is 13.7. The van der Waals surface area contributed by atoms with Crippen LogP contribution in [0.1, 0.15) is 27.2 Å². The summed E-state index contributed by atoms with van der Waals surface area (Å²) in [4.78, 5) is 23.9. The molecule has 0 aromatic heterocycles. The third kappa shape index (κ3) is 2.33. The first-order valence-electron chi connectivity index (χ1n) is 5.49. The number of hydrogen-bond acceptors (Lipinski definition) is 2. The SMILES string of the molecule is CC(C)C(C)C(=O)N1CCC(F)(C(=O)O)C1. The molecule has 1 aliphatic rings. The van der Waals surface area contributed by atoms with E-state index in [0.29, 0.717) is 0 Å². The molecule has 1 rings (SSSR count). The number of hydrogen-bond donors (Lipinski definition) is 1. The maximum Gasteiger partial charge on any atom is 0.343 e. The van der Waals surface area contributed by atoms with Gasteiger partial charge in [-0.15, -0.1) is 0 Å². The predicted octanol–water partition coefficient (Wildman–Crippen LogP) is 1.30. The van der Waals surface area contributed by atoms with Crippen molar-refractivity contribution in [1.29, 1.82) is 0 Å². The van der Waals surface area contributed by atoms with Crippen LogP contribution in [0.25, 0.3) is 0 Å². The average Bonchev–Trinajstić information content (AvgIpc) is 2.60. The van der Waals surface area contributed by atoms with Gasteiger partial charge < -0.3 is 10.0 Å². The largest absolute Gasteiger partial charge is 0.479 e.